The van der Waals surface area contributed by atoms with Gasteiger partial charge in [0, 0.05) is 12.1 Å². The minimum atomic E-state index is -0.777. The molecule has 1 aliphatic carbocycles. The van der Waals surface area contributed by atoms with Gasteiger partial charge in [-0.1, -0.05) is 30.3 Å². The first kappa shape index (κ1) is 12.4. The highest BCUT2D eigenvalue weighted by Gasteiger charge is 2.34. The smallest absolute Gasteiger partial charge is 0.306 e. The van der Waals surface area contributed by atoms with Crippen LogP contribution in [-0.4, -0.2) is 23.0 Å². The van der Waals surface area contributed by atoms with Gasteiger partial charge in [-0.2, -0.15) is 0 Å². The second kappa shape index (κ2) is 5.49. The molecule has 0 heterocycles. The number of carbonyl (C=O) groups is 2. The van der Waals surface area contributed by atoms with Crippen molar-refractivity contribution in [1.29, 1.82) is 0 Å². The molecule has 18 heavy (non-hydrogen) atoms. The van der Waals surface area contributed by atoms with E-state index in [1.807, 2.05) is 30.3 Å². The number of benzene rings is 1. The number of hydrogen-bond acceptors (Lipinski definition) is 2. The van der Waals surface area contributed by atoms with Gasteiger partial charge >= 0.3 is 5.97 Å². The number of carboxylic acid groups (broad SMARTS) is 1. The maximum atomic E-state index is 11.6. The molecule has 2 N–H and O–H groups in total. The lowest BCUT2D eigenvalue weighted by Gasteiger charge is -2.32. The van der Waals surface area contributed by atoms with E-state index in [1.54, 1.807) is 6.08 Å². The Kier molecular flexibility index (Phi) is 3.77. The number of hydrogen-bond donors (Lipinski definition) is 2. The lowest BCUT2D eigenvalue weighted by atomic mass is 9.80. The largest absolute Gasteiger partial charge is 0.481 e. The van der Waals surface area contributed by atoms with E-state index in [2.05, 4.69) is 5.32 Å². The fraction of sp³-hybridized carbons (Fsp3) is 0.286. The third-order valence-electron chi connectivity index (χ3n) is 3.06. The van der Waals surface area contributed by atoms with E-state index in [-0.39, 0.29) is 17.9 Å². The van der Waals surface area contributed by atoms with Crippen LogP contribution in [0.2, 0.25) is 0 Å². The van der Waals surface area contributed by atoms with Crippen LogP contribution in [0, 0.1) is 5.92 Å². The molecular weight excluding hydrogens is 230 g/mol. The minimum Gasteiger partial charge on any atom is -0.481 e. The topological polar surface area (TPSA) is 66.4 Å². The lowest BCUT2D eigenvalue weighted by molar-refractivity contribution is -0.146. The molecule has 0 spiro atoms. The molecule has 0 aliphatic heterocycles. The van der Waals surface area contributed by atoms with Crippen molar-refractivity contribution in [2.45, 2.75) is 18.9 Å². The summed E-state index contributed by atoms with van der Waals surface area (Å²) in [5.74, 6) is -1.25. The molecule has 0 radical (unpaired) electrons. The first-order valence-electron chi connectivity index (χ1n) is 5.91. The Balaban J connectivity index is 1.77. The van der Waals surface area contributed by atoms with Crippen LogP contribution in [0.5, 0.6) is 0 Å². The predicted molar refractivity (Wildman–Crippen MR) is 67.8 cm³/mol. The van der Waals surface area contributed by atoms with Crippen LogP contribution >= 0.6 is 0 Å². The SMILES string of the molecule is O=C(/C=C/c1ccccc1)NC1CC(C(=O)O)C1. The van der Waals surface area contributed by atoms with Crippen LogP contribution in [-0.2, 0) is 9.59 Å². The average molecular weight is 245 g/mol. The first-order chi connectivity index (χ1) is 8.65. The molecule has 0 saturated heterocycles. The minimum absolute atomic E-state index is 0.000904. The van der Waals surface area contributed by atoms with Crippen LogP contribution in [0.15, 0.2) is 36.4 Å². The van der Waals surface area contributed by atoms with Crippen molar-refractivity contribution < 1.29 is 14.7 Å². The van der Waals surface area contributed by atoms with Crippen molar-refractivity contribution in [2.24, 2.45) is 5.92 Å². The molecule has 4 nitrogen and oxygen atoms in total. The number of rotatable bonds is 4. The molecule has 0 atom stereocenters. The van der Waals surface area contributed by atoms with Gasteiger partial charge in [0.2, 0.25) is 5.91 Å². The van der Waals surface area contributed by atoms with Gasteiger partial charge in [0.1, 0.15) is 0 Å². The summed E-state index contributed by atoms with van der Waals surface area (Å²) in [7, 11) is 0. The van der Waals surface area contributed by atoms with E-state index >= 15 is 0 Å². The van der Waals surface area contributed by atoms with Crippen molar-refractivity contribution in [3.63, 3.8) is 0 Å². The molecule has 1 aromatic rings. The van der Waals surface area contributed by atoms with E-state index in [4.69, 9.17) is 5.11 Å². The van der Waals surface area contributed by atoms with Gasteiger partial charge in [-0.25, -0.2) is 0 Å². The van der Waals surface area contributed by atoms with E-state index in [1.165, 1.54) is 6.08 Å². The monoisotopic (exact) mass is 245 g/mol. The standard InChI is InChI=1S/C14H15NO3/c16-13(7-6-10-4-2-1-3-5-10)15-12-8-11(9-12)14(17)18/h1-7,11-12H,8-9H2,(H,15,16)(H,17,18)/b7-6+. The molecule has 94 valence electrons. The fourth-order valence-corrected chi connectivity index (χ4v) is 1.92. The summed E-state index contributed by atoms with van der Waals surface area (Å²) in [6.45, 7) is 0. The van der Waals surface area contributed by atoms with Crippen LogP contribution in [0.25, 0.3) is 6.08 Å². The zero-order valence-corrected chi connectivity index (χ0v) is 9.87. The van der Waals surface area contributed by atoms with E-state index in [0.29, 0.717) is 12.8 Å². The summed E-state index contributed by atoms with van der Waals surface area (Å²) >= 11 is 0. The normalized spacial score (nSPS) is 22.4. The van der Waals surface area contributed by atoms with Gasteiger partial charge in [-0.15, -0.1) is 0 Å². The van der Waals surface area contributed by atoms with Gasteiger partial charge in [0.05, 0.1) is 5.92 Å². The Hall–Kier alpha value is -2.10. The van der Waals surface area contributed by atoms with Gasteiger partial charge < -0.3 is 10.4 Å². The number of aliphatic carboxylic acids is 1. The zero-order valence-electron chi connectivity index (χ0n) is 9.87. The average Bonchev–Trinajstić information content (AvgIpc) is 2.31. The number of nitrogens with one attached hydrogen (secondary N) is 1. The zero-order chi connectivity index (χ0) is 13.0. The highest BCUT2D eigenvalue weighted by atomic mass is 16.4. The van der Waals surface area contributed by atoms with E-state index in [0.717, 1.165) is 5.56 Å². The predicted octanol–water partition coefficient (Wildman–Crippen LogP) is 1.68. The highest BCUT2D eigenvalue weighted by Crippen LogP contribution is 2.27. The third kappa shape index (κ3) is 3.20. The van der Waals surface area contributed by atoms with Crippen LogP contribution in [0.1, 0.15) is 18.4 Å². The molecule has 1 aliphatic rings. The van der Waals surface area contributed by atoms with Crippen molar-refractivity contribution >= 4 is 18.0 Å². The van der Waals surface area contributed by atoms with Gasteiger partial charge in [0.15, 0.2) is 0 Å². The maximum Gasteiger partial charge on any atom is 0.306 e. The highest BCUT2D eigenvalue weighted by molar-refractivity contribution is 5.92. The van der Waals surface area contributed by atoms with E-state index < -0.39 is 5.97 Å². The Bertz CT molecular complexity index is 461. The molecule has 0 aromatic heterocycles. The summed E-state index contributed by atoms with van der Waals surface area (Å²) in [6.07, 6.45) is 4.27. The van der Waals surface area contributed by atoms with Gasteiger partial charge in [-0.3, -0.25) is 9.59 Å². The molecule has 2 rings (SSSR count). The molecule has 1 aromatic carbocycles. The van der Waals surface area contributed by atoms with Crippen molar-refractivity contribution in [3.05, 3.63) is 42.0 Å². The Labute approximate surface area is 105 Å². The Morgan fingerprint density at radius 2 is 1.89 bits per heavy atom. The summed E-state index contributed by atoms with van der Waals surface area (Å²) < 4.78 is 0. The summed E-state index contributed by atoms with van der Waals surface area (Å²) in [5.41, 5.74) is 0.963. The third-order valence-corrected chi connectivity index (χ3v) is 3.06. The van der Waals surface area contributed by atoms with Gasteiger partial charge in [0.25, 0.3) is 0 Å². The second-order valence-electron chi connectivity index (χ2n) is 4.46. The van der Waals surface area contributed by atoms with Crippen LogP contribution in [0.3, 0.4) is 0 Å². The molecule has 0 bridgehead atoms. The fourth-order valence-electron chi connectivity index (χ4n) is 1.92. The number of amides is 1. The molecular formula is C14H15NO3. The first-order valence-corrected chi connectivity index (χ1v) is 5.91. The van der Waals surface area contributed by atoms with Crippen molar-refractivity contribution in [3.8, 4) is 0 Å². The summed E-state index contributed by atoms with van der Waals surface area (Å²) in [6, 6.07) is 9.54. The second-order valence-corrected chi connectivity index (χ2v) is 4.46. The van der Waals surface area contributed by atoms with Crippen molar-refractivity contribution in [2.75, 3.05) is 0 Å². The number of carboxylic acids is 1. The van der Waals surface area contributed by atoms with Crippen molar-refractivity contribution in [1.82, 2.24) is 5.32 Å². The lowest BCUT2D eigenvalue weighted by Crippen LogP contribution is -2.46. The molecule has 4 heteroatoms. The molecule has 0 unspecified atom stereocenters. The summed E-state index contributed by atoms with van der Waals surface area (Å²) in [4.78, 5) is 22.1. The number of carbonyl (C=O) groups excluding carboxylic acids is 1. The Morgan fingerprint density at radius 1 is 1.22 bits per heavy atom. The maximum absolute atomic E-state index is 11.6. The van der Waals surface area contributed by atoms with E-state index in [9.17, 15) is 9.59 Å². The Morgan fingerprint density at radius 3 is 2.50 bits per heavy atom. The summed E-state index contributed by atoms with van der Waals surface area (Å²) in [5, 5.41) is 11.5. The van der Waals surface area contributed by atoms with Crippen LogP contribution < -0.4 is 5.32 Å². The molecule has 1 saturated carbocycles. The van der Waals surface area contributed by atoms with Crippen LogP contribution in [0.4, 0.5) is 0 Å². The van der Waals surface area contributed by atoms with Gasteiger partial charge in [-0.05, 0) is 24.5 Å². The molecule has 1 fully saturated rings. The quantitative estimate of drug-likeness (QED) is 0.793. The molecule has 1 amide bonds.